The van der Waals surface area contributed by atoms with Crippen molar-refractivity contribution >= 4 is 18.1 Å². The summed E-state index contributed by atoms with van der Waals surface area (Å²) in [4.78, 5) is 11.9. The number of carbonyl (C=O) groups is 1. The molecule has 0 saturated heterocycles. The number of nitrogens with zero attached hydrogens (tertiary/aromatic N) is 2. The molecule has 0 saturated carbocycles. The summed E-state index contributed by atoms with van der Waals surface area (Å²) in [7, 11) is 0. The number of aromatic nitrogens is 3. The first-order chi connectivity index (χ1) is 10.1. The highest BCUT2D eigenvalue weighted by Crippen LogP contribution is 2.16. The maximum Gasteiger partial charge on any atom is 0.222 e. The number of rotatable bonds is 6. The van der Waals surface area contributed by atoms with Crippen LogP contribution in [0.15, 0.2) is 30.3 Å². The highest BCUT2D eigenvalue weighted by atomic mass is 32.1. The monoisotopic (exact) mass is 304 g/mol. The van der Waals surface area contributed by atoms with Crippen molar-refractivity contribution in [2.24, 2.45) is 0 Å². The molecule has 1 atom stereocenters. The minimum absolute atomic E-state index is 0.0338. The molecule has 5 nitrogen and oxygen atoms in total. The van der Waals surface area contributed by atoms with Gasteiger partial charge in [-0.1, -0.05) is 37.3 Å². The number of H-pyrrole nitrogens is 1. The van der Waals surface area contributed by atoms with Crippen LogP contribution in [0, 0.1) is 4.77 Å². The molecular weight excluding hydrogens is 284 g/mol. The molecule has 0 radical (unpaired) electrons. The fourth-order valence-electron chi connectivity index (χ4n) is 2.00. The maximum absolute atomic E-state index is 11.9. The first-order valence-corrected chi connectivity index (χ1v) is 7.52. The molecule has 0 fully saturated rings. The van der Waals surface area contributed by atoms with E-state index in [9.17, 15) is 4.79 Å². The van der Waals surface area contributed by atoms with Gasteiger partial charge in [-0.3, -0.25) is 14.5 Å². The summed E-state index contributed by atoms with van der Waals surface area (Å²) >= 11 is 5.25. The van der Waals surface area contributed by atoms with E-state index >= 15 is 0 Å². The third kappa shape index (κ3) is 4.01. The highest BCUT2D eigenvalue weighted by molar-refractivity contribution is 7.71. The van der Waals surface area contributed by atoms with E-state index in [1.165, 1.54) is 0 Å². The molecule has 2 aromatic rings. The van der Waals surface area contributed by atoms with Gasteiger partial charge in [0.1, 0.15) is 0 Å². The molecule has 1 heterocycles. The Morgan fingerprint density at radius 2 is 2.14 bits per heavy atom. The van der Waals surface area contributed by atoms with Crippen molar-refractivity contribution in [1.82, 2.24) is 20.1 Å². The fraction of sp³-hybridized carbons (Fsp3) is 0.400. The Labute approximate surface area is 129 Å². The average molecular weight is 304 g/mol. The average Bonchev–Trinajstić information content (AvgIpc) is 2.87. The zero-order valence-corrected chi connectivity index (χ0v) is 13.1. The van der Waals surface area contributed by atoms with Crippen LogP contribution in [-0.4, -0.2) is 26.7 Å². The van der Waals surface area contributed by atoms with E-state index in [-0.39, 0.29) is 11.9 Å². The summed E-state index contributed by atoms with van der Waals surface area (Å²) in [6.07, 6.45) is 1.31. The molecular formula is C15H20N4OS. The van der Waals surface area contributed by atoms with E-state index in [1.807, 2.05) is 48.7 Å². The predicted octanol–water partition coefficient (Wildman–Crippen LogP) is 2.91. The summed E-state index contributed by atoms with van der Waals surface area (Å²) in [5.74, 6) is 0.795. The molecule has 6 heteroatoms. The number of carbonyl (C=O) groups excluding carboxylic acids is 1. The third-order valence-corrected chi connectivity index (χ3v) is 3.68. The molecule has 0 bridgehead atoms. The van der Waals surface area contributed by atoms with Gasteiger partial charge < -0.3 is 5.32 Å². The molecule has 112 valence electrons. The molecule has 0 aliphatic heterocycles. The van der Waals surface area contributed by atoms with E-state index in [4.69, 9.17) is 12.2 Å². The van der Waals surface area contributed by atoms with Crippen LogP contribution < -0.4 is 5.32 Å². The van der Waals surface area contributed by atoms with Crippen molar-refractivity contribution in [3.63, 3.8) is 0 Å². The molecule has 0 aliphatic rings. The largest absolute Gasteiger partial charge is 0.354 e. The van der Waals surface area contributed by atoms with Crippen LogP contribution in [0.25, 0.3) is 11.4 Å². The van der Waals surface area contributed by atoms with Crippen molar-refractivity contribution in [3.8, 4) is 11.4 Å². The number of benzene rings is 1. The first kappa shape index (κ1) is 15.4. The summed E-state index contributed by atoms with van der Waals surface area (Å²) < 4.78 is 2.39. The van der Waals surface area contributed by atoms with Gasteiger partial charge in [0, 0.05) is 24.6 Å². The van der Waals surface area contributed by atoms with Crippen molar-refractivity contribution in [3.05, 3.63) is 35.1 Å². The Morgan fingerprint density at radius 3 is 2.81 bits per heavy atom. The lowest BCUT2D eigenvalue weighted by molar-refractivity contribution is -0.121. The second-order valence-electron chi connectivity index (χ2n) is 5.00. The van der Waals surface area contributed by atoms with Gasteiger partial charge in [0.05, 0.1) is 0 Å². The van der Waals surface area contributed by atoms with Crippen LogP contribution >= 0.6 is 12.2 Å². The molecule has 2 N–H and O–H groups in total. The molecule has 0 spiro atoms. The Kier molecular flexibility index (Phi) is 5.27. The van der Waals surface area contributed by atoms with E-state index in [2.05, 4.69) is 15.5 Å². The predicted molar refractivity (Wildman–Crippen MR) is 85.4 cm³/mol. The smallest absolute Gasteiger partial charge is 0.222 e. The van der Waals surface area contributed by atoms with E-state index in [0.717, 1.165) is 17.8 Å². The minimum Gasteiger partial charge on any atom is -0.354 e. The molecule has 1 aromatic carbocycles. The highest BCUT2D eigenvalue weighted by Gasteiger charge is 2.11. The quantitative estimate of drug-likeness (QED) is 0.807. The summed E-state index contributed by atoms with van der Waals surface area (Å²) in [6.45, 7) is 4.56. The summed E-state index contributed by atoms with van der Waals surface area (Å²) in [5, 5.41) is 10.0. The van der Waals surface area contributed by atoms with Gasteiger partial charge >= 0.3 is 0 Å². The second-order valence-corrected chi connectivity index (χ2v) is 5.38. The minimum atomic E-state index is 0.0338. The van der Waals surface area contributed by atoms with Crippen LogP contribution in [0.3, 0.4) is 0 Å². The zero-order chi connectivity index (χ0) is 15.2. The Hall–Kier alpha value is -1.95. The second kappa shape index (κ2) is 7.17. The molecule has 1 unspecified atom stereocenters. The Bertz CT molecular complexity index is 647. The van der Waals surface area contributed by atoms with Crippen LogP contribution in [0.5, 0.6) is 0 Å². The molecule has 1 amide bonds. The number of hydrogen-bond acceptors (Lipinski definition) is 3. The van der Waals surface area contributed by atoms with Gasteiger partial charge in [0.2, 0.25) is 5.91 Å². The van der Waals surface area contributed by atoms with Gasteiger partial charge in [0.25, 0.3) is 0 Å². The lowest BCUT2D eigenvalue weighted by Crippen LogP contribution is -2.32. The number of nitrogens with one attached hydrogen (secondary N) is 2. The van der Waals surface area contributed by atoms with Crippen LogP contribution in [0.4, 0.5) is 0 Å². The molecule has 2 rings (SSSR count). The zero-order valence-electron chi connectivity index (χ0n) is 12.3. The van der Waals surface area contributed by atoms with Crippen molar-refractivity contribution in [2.75, 3.05) is 0 Å². The topological polar surface area (TPSA) is 62.7 Å². The third-order valence-electron chi connectivity index (χ3n) is 3.37. The lowest BCUT2D eigenvalue weighted by atomic mass is 10.2. The molecule has 1 aromatic heterocycles. The van der Waals surface area contributed by atoms with Crippen LogP contribution in [-0.2, 0) is 11.3 Å². The van der Waals surface area contributed by atoms with Gasteiger partial charge in [0.15, 0.2) is 10.6 Å². The Balaban J connectivity index is 2.09. The number of aromatic amines is 1. The van der Waals surface area contributed by atoms with E-state index < -0.39 is 0 Å². The van der Waals surface area contributed by atoms with Gasteiger partial charge in [-0.05, 0) is 25.6 Å². The van der Waals surface area contributed by atoms with Crippen molar-refractivity contribution < 1.29 is 4.79 Å². The summed E-state index contributed by atoms with van der Waals surface area (Å²) in [6, 6.07) is 10.00. The van der Waals surface area contributed by atoms with Gasteiger partial charge in [-0.15, -0.1) is 0 Å². The normalized spacial score (nSPS) is 12.1. The van der Waals surface area contributed by atoms with E-state index in [1.54, 1.807) is 0 Å². The standard InChI is InChI=1S/C15H20N4OS/c1-3-11(2)16-13(20)9-10-19-14(17-18-15(19)21)12-7-5-4-6-8-12/h4-8,11H,3,9-10H2,1-2H3,(H,16,20)(H,18,21). The van der Waals surface area contributed by atoms with Crippen molar-refractivity contribution in [2.45, 2.75) is 39.3 Å². The lowest BCUT2D eigenvalue weighted by Gasteiger charge is -2.12. The number of amides is 1. The first-order valence-electron chi connectivity index (χ1n) is 7.11. The SMILES string of the molecule is CCC(C)NC(=O)CCn1c(-c2ccccc2)n[nH]c1=S. The van der Waals surface area contributed by atoms with E-state index in [0.29, 0.717) is 17.7 Å². The maximum atomic E-state index is 11.9. The Morgan fingerprint density at radius 1 is 1.43 bits per heavy atom. The van der Waals surface area contributed by atoms with Gasteiger partial charge in [-0.2, -0.15) is 5.10 Å². The number of hydrogen-bond donors (Lipinski definition) is 2. The molecule has 0 aliphatic carbocycles. The van der Waals surface area contributed by atoms with Gasteiger partial charge in [-0.25, -0.2) is 0 Å². The van der Waals surface area contributed by atoms with Crippen LogP contribution in [0.2, 0.25) is 0 Å². The van der Waals surface area contributed by atoms with Crippen molar-refractivity contribution in [1.29, 1.82) is 0 Å². The summed E-state index contributed by atoms with van der Waals surface area (Å²) in [5.41, 5.74) is 0.979. The van der Waals surface area contributed by atoms with Crippen LogP contribution in [0.1, 0.15) is 26.7 Å². The fourth-order valence-corrected chi connectivity index (χ4v) is 2.22. The molecule has 21 heavy (non-hydrogen) atoms.